The third-order valence-corrected chi connectivity index (χ3v) is 11.7. The Morgan fingerprint density at radius 2 is 0.810 bits per heavy atom. The van der Waals surface area contributed by atoms with E-state index in [-0.39, 0.29) is 18.5 Å². The minimum Gasteiger partial charge on any atom is -0.466 e. The number of hydrogen-bond acceptors (Lipinski definition) is 5. The number of ether oxygens (including phenoxy) is 1. The van der Waals surface area contributed by atoms with Crippen molar-refractivity contribution in [1.82, 2.24) is 5.32 Å². The van der Waals surface area contributed by atoms with Gasteiger partial charge in [0.1, 0.15) is 0 Å². The summed E-state index contributed by atoms with van der Waals surface area (Å²) in [6.07, 6.45) is 56.0. The molecule has 0 bridgehead atoms. The van der Waals surface area contributed by atoms with E-state index in [1.165, 1.54) is 186 Å². The van der Waals surface area contributed by atoms with E-state index >= 15 is 0 Å². The zero-order chi connectivity index (χ0) is 42.3. The fraction of sp³-hybridized carbons (Fsp3) is 0.885. The van der Waals surface area contributed by atoms with Gasteiger partial charge in [-0.2, -0.15) is 0 Å². The summed E-state index contributed by atoms with van der Waals surface area (Å²) < 4.78 is 5.44. The Kier molecular flexibility index (Phi) is 46.6. The quantitative estimate of drug-likeness (QED) is 0.0323. The normalized spacial score (nSPS) is 12.8. The third-order valence-electron chi connectivity index (χ3n) is 11.7. The summed E-state index contributed by atoms with van der Waals surface area (Å²) in [5.41, 5.74) is 0. The van der Waals surface area contributed by atoms with Crippen LogP contribution in [0.2, 0.25) is 0 Å². The number of nitrogens with one attached hydrogen (secondary N) is 1. The van der Waals surface area contributed by atoms with E-state index in [4.69, 9.17) is 4.74 Å². The first-order valence-electron chi connectivity index (χ1n) is 25.6. The standard InChI is InChI=1S/C52H99NO5/c1-3-5-7-9-11-13-15-21-25-28-32-36-40-44-50(55)49(48-54)53-51(56)45-41-37-33-29-26-22-19-17-16-18-20-23-27-31-35-39-43-47-58-52(57)46-42-38-34-30-24-14-12-10-8-6-4-2/h16,18,40,44,49-50,54-55H,3-15,17,19-39,41-43,45-48H2,1-2H3,(H,53,56)/b18-16-,44-40+. The summed E-state index contributed by atoms with van der Waals surface area (Å²) >= 11 is 0. The number of aliphatic hydroxyl groups is 2. The Balaban J connectivity index is 3.49. The number of esters is 1. The van der Waals surface area contributed by atoms with Gasteiger partial charge in [-0.25, -0.2) is 0 Å². The van der Waals surface area contributed by atoms with Crippen molar-refractivity contribution in [2.45, 2.75) is 283 Å². The molecule has 6 heteroatoms. The molecule has 0 aliphatic rings. The highest BCUT2D eigenvalue weighted by Crippen LogP contribution is 2.15. The third kappa shape index (κ3) is 43.9. The van der Waals surface area contributed by atoms with Crippen LogP contribution in [0, 0.1) is 0 Å². The van der Waals surface area contributed by atoms with Crippen LogP contribution in [-0.2, 0) is 14.3 Å². The largest absolute Gasteiger partial charge is 0.466 e. The Hall–Kier alpha value is -1.66. The smallest absolute Gasteiger partial charge is 0.305 e. The summed E-state index contributed by atoms with van der Waals surface area (Å²) in [6.45, 7) is 4.87. The molecule has 2 atom stereocenters. The van der Waals surface area contributed by atoms with Crippen LogP contribution >= 0.6 is 0 Å². The van der Waals surface area contributed by atoms with Crippen molar-refractivity contribution in [3.63, 3.8) is 0 Å². The van der Waals surface area contributed by atoms with Gasteiger partial charge >= 0.3 is 5.97 Å². The lowest BCUT2D eigenvalue weighted by molar-refractivity contribution is -0.143. The van der Waals surface area contributed by atoms with Gasteiger partial charge in [-0.1, -0.05) is 224 Å². The van der Waals surface area contributed by atoms with Gasteiger partial charge in [-0.3, -0.25) is 9.59 Å². The second kappa shape index (κ2) is 48.0. The highest BCUT2D eigenvalue weighted by Gasteiger charge is 2.18. The first-order chi connectivity index (χ1) is 28.5. The van der Waals surface area contributed by atoms with Crippen molar-refractivity contribution in [1.29, 1.82) is 0 Å². The fourth-order valence-electron chi connectivity index (χ4n) is 7.74. The summed E-state index contributed by atoms with van der Waals surface area (Å²) in [7, 11) is 0. The van der Waals surface area contributed by atoms with Crippen LogP contribution in [0.3, 0.4) is 0 Å². The molecule has 0 saturated heterocycles. The monoisotopic (exact) mass is 818 g/mol. The molecule has 0 aromatic rings. The average Bonchev–Trinajstić information content (AvgIpc) is 3.22. The summed E-state index contributed by atoms with van der Waals surface area (Å²) in [4.78, 5) is 24.4. The van der Waals surface area contributed by atoms with Crippen molar-refractivity contribution in [3.05, 3.63) is 24.3 Å². The average molecular weight is 818 g/mol. The predicted molar refractivity (Wildman–Crippen MR) is 250 cm³/mol. The minimum absolute atomic E-state index is 0.00350. The van der Waals surface area contributed by atoms with Crippen LogP contribution in [0.1, 0.15) is 271 Å². The van der Waals surface area contributed by atoms with E-state index in [1.54, 1.807) is 6.08 Å². The topological polar surface area (TPSA) is 95.9 Å². The van der Waals surface area contributed by atoms with E-state index in [0.717, 1.165) is 57.8 Å². The van der Waals surface area contributed by atoms with Crippen LogP contribution in [-0.4, -0.2) is 47.4 Å². The van der Waals surface area contributed by atoms with Gasteiger partial charge in [0, 0.05) is 12.8 Å². The summed E-state index contributed by atoms with van der Waals surface area (Å²) in [6, 6.07) is -0.635. The van der Waals surface area contributed by atoms with Gasteiger partial charge in [0.15, 0.2) is 0 Å². The zero-order valence-electron chi connectivity index (χ0n) is 38.8. The Labute approximate surface area is 361 Å². The molecule has 0 aromatic heterocycles. The fourth-order valence-corrected chi connectivity index (χ4v) is 7.74. The van der Waals surface area contributed by atoms with E-state index < -0.39 is 12.1 Å². The van der Waals surface area contributed by atoms with Crippen LogP contribution in [0.5, 0.6) is 0 Å². The molecule has 2 unspecified atom stereocenters. The zero-order valence-corrected chi connectivity index (χ0v) is 38.8. The molecule has 0 fully saturated rings. The minimum atomic E-state index is -0.850. The van der Waals surface area contributed by atoms with E-state index in [2.05, 4.69) is 31.3 Å². The van der Waals surface area contributed by atoms with Crippen molar-refractivity contribution in [2.24, 2.45) is 0 Å². The Morgan fingerprint density at radius 3 is 1.22 bits per heavy atom. The molecule has 0 aliphatic heterocycles. The van der Waals surface area contributed by atoms with Gasteiger partial charge in [-0.05, 0) is 57.8 Å². The molecule has 3 N–H and O–H groups in total. The van der Waals surface area contributed by atoms with Crippen molar-refractivity contribution in [3.8, 4) is 0 Å². The molecule has 6 nitrogen and oxygen atoms in total. The maximum Gasteiger partial charge on any atom is 0.305 e. The maximum absolute atomic E-state index is 12.4. The molecule has 0 aromatic carbocycles. The summed E-state index contributed by atoms with van der Waals surface area (Å²) in [5.74, 6) is -0.0840. The number of carbonyl (C=O) groups excluding carboxylic acids is 2. The van der Waals surface area contributed by atoms with Gasteiger partial charge in [-0.15, -0.1) is 0 Å². The second-order valence-corrected chi connectivity index (χ2v) is 17.5. The number of unbranched alkanes of at least 4 members (excludes halogenated alkanes) is 34. The number of rotatable bonds is 47. The lowest BCUT2D eigenvalue weighted by Crippen LogP contribution is -2.45. The van der Waals surface area contributed by atoms with Gasteiger partial charge < -0.3 is 20.3 Å². The number of amides is 1. The first-order valence-corrected chi connectivity index (χ1v) is 25.6. The Bertz CT molecular complexity index is 904. The molecule has 0 aliphatic carbocycles. The van der Waals surface area contributed by atoms with Gasteiger partial charge in [0.05, 0.1) is 25.4 Å². The van der Waals surface area contributed by atoms with E-state index in [9.17, 15) is 19.8 Å². The number of hydrogen-bond donors (Lipinski definition) is 3. The second-order valence-electron chi connectivity index (χ2n) is 17.5. The van der Waals surface area contributed by atoms with Crippen LogP contribution < -0.4 is 5.32 Å². The number of carbonyl (C=O) groups is 2. The maximum atomic E-state index is 12.4. The van der Waals surface area contributed by atoms with E-state index in [1.807, 2.05) is 6.08 Å². The number of allylic oxidation sites excluding steroid dienone is 3. The molecule has 1 amide bonds. The molecule has 0 spiro atoms. The van der Waals surface area contributed by atoms with Crippen molar-refractivity contribution in [2.75, 3.05) is 13.2 Å². The summed E-state index contributed by atoms with van der Waals surface area (Å²) in [5, 5.41) is 23.0. The molecule has 0 rings (SSSR count). The molecule has 0 saturated carbocycles. The first kappa shape index (κ1) is 56.3. The Morgan fingerprint density at radius 1 is 0.466 bits per heavy atom. The van der Waals surface area contributed by atoms with Crippen LogP contribution in [0.15, 0.2) is 24.3 Å². The molecule has 0 radical (unpaired) electrons. The van der Waals surface area contributed by atoms with Crippen molar-refractivity contribution < 1.29 is 24.5 Å². The SMILES string of the molecule is CCCCCCCCCCCCC/C=C/C(O)C(CO)NC(=O)CCCCCCCCC/C=C\CCCCCCCCOC(=O)CCCCCCCCCCCCC. The van der Waals surface area contributed by atoms with Crippen molar-refractivity contribution >= 4 is 11.9 Å². The molecule has 342 valence electrons. The van der Waals surface area contributed by atoms with Gasteiger partial charge in [0.25, 0.3) is 0 Å². The van der Waals surface area contributed by atoms with Gasteiger partial charge in [0.2, 0.25) is 5.91 Å². The van der Waals surface area contributed by atoms with Crippen LogP contribution in [0.25, 0.3) is 0 Å². The molecule has 0 heterocycles. The predicted octanol–water partition coefficient (Wildman–Crippen LogP) is 15.1. The highest BCUT2D eigenvalue weighted by molar-refractivity contribution is 5.76. The number of aliphatic hydroxyl groups excluding tert-OH is 2. The van der Waals surface area contributed by atoms with E-state index in [0.29, 0.717) is 19.4 Å². The lowest BCUT2D eigenvalue weighted by atomic mass is 10.0. The molecule has 58 heavy (non-hydrogen) atoms. The highest BCUT2D eigenvalue weighted by atomic mass is 16.5. The lowest BCUT2D eigenvalue weighted by Gasteiger charge is -2.20. The van der Waals surface area contributed by atoms with Crippen LogP contribution in [0.4, 0.5) is 0 Å². The molecular formula is C52H99NO5. The molecular weight excluding hydrogens is 719 g/mol.